The molecule has 4 nitrogen and oxygen atoms in total. The third-order valence-corrected chi connectivity index (χ3v) is 3.17. The van der Waals surface area contributed by atoms with E-state index in [4.69, 9.17) is 5.73 Å². The Hall–Kier alpha value is -0.900. The Kier molecular flexibility index (Phi) is 3.25. The van der Waals surface area contributed by atoms with E-state index in [1.165, 1.54) is 12.8 Å². The summed E-state index contributed by atoms with van der Waals surface area (Å²) in [5.74, 6) is 2.10. The van der Waals surface area contributed by atoms with Crippen LogP contribution in [0.4, 0.5) is 0 Å². The Morgan fingerprint density at radius 3 is 2.53 bits per heavy atom. The van der Waals surface area contributed by atoms with Crippen molar-refractivity contribution in [3.63, 3.8) is 0 Å². The molecule has 1 unspecified atom stereocenters. The van der Waals surface area contributed by atoms with E-state index in [0.29, 0.717) is 6.04 Å². The van der Waals surface area contributed by atoms with Gasteiger partial charge in [-0.25, -0.2) is 0 Å². The van der Waals surface area contributed by atoms with Crippen LogP contribution in [-0.2, 0) is 6.42 Å². The van der Waals surface area contributed by atoms with Crippen LogP contribution < -0.4 is 5.73 Å². The fraction of sp³-hybridized carbons (Fsp3) is 0.846. The van der Waals surface area contributed by atoms with Crippen LogP contribution >= 0.6 is 0 Å². The molecule has 1 aliphatic rings. The maximum absolute atomic E-state index is 6.21. The maximum atomic E-state index is 6.21. The summed E-state index contributed by atoms with van der Waals surface area (Å²) >= 11 is 0. The summed E-state index contributed by atoms with van der Waals surface area (Å²) in [6, 6.07) is 0.818. The van der Waals surface area contributed by atoms with E-state index in [0.717, 1.165) is 24.5 Å². The summed E-state index contributed by atoms with van der Waals surface area (Å²) in [7, 11) is 0. The molecule has 1 aliphatic carbocycles. The van der Waals surface area contributed by atoms with Gasteiger partial charge in [-0.2, -0.15) is 0 Å². The van der Waals surface area contributed by atoms with Gasteiger partial charge in [-0.1, -0.05) is 20.8 Å². The van der Waals surface area contributed by atoms with Gasteiger partial charge in [0.25, 0.3) is 0 Å². The van der Waals surface area contributed by atoms with Crippen LogP contribution in [0.15, 0.2) is 0 Å². The predicted octanol–water partition coefficient (Wildman–Crippen LogP) is 2.23. The zero-order valence-corrected chi connectivity index (χ0v) is 11.4. The number of aromatic nitrogens is 3. The average molecular weight is 236 g/mol. The zero-order valence-electron chi connectivity index (χ0n) is 11.4. The molecule has 1 saturated carbocycles. The summed E-state index contributed by atoms with van der Waals surface area (Å²) in [4.78, 5) is 0. The largest absolute Gasteiger partial charge is 0.327 e. The highest BCUT2D eigenvalue weighted by molar-refractivity contribution is 5.03. The van der Waals surface area contributed by atoms with Crippen molar-refractivity contribution in [3.8, 4) is 0 Å². The first-order valence-electron chi connectivity index (χ1n) is 6.53. The van der Waals surface area contributed by atoms with E-state index in [1.54, 1.807) is 0 Å². The molecule has 0 saturated heterocycles. The third kappa shape index (κ3) is 3.28. The second-order valence-corrected chi connectivity index (χ2v) is 6.49. The molecule has 1 aromatic heterocycles. The highest BCUT2D eigenvalue weighted by atomic mass is 15.3. The molecule has 0 aliphatic heterocycles. The van der Waals surface area contributed by atoms with Crippen LogP contribution in [0.1, 0.15) is 57.7 Å². The van der Waals surface area contributed by atoms with Crippen LogP contribution in [0, 0.1) is 12.3 Å². The first-order chi connectivity index (χ1) is 7.87. The predicted molar refractivity (Wildman–Crippen MR) is 68.8 cm³/mol. The lowest BCUT2D eigenvalue weighted by atomic mass is 9.87. The summed E-state index contributed by atoms with van der Waals surface area (Å²) in [6.45, 7) is 8.71. The molecule has 1 aromatic rings. The number of nitrogens with two attached hydrogens (primary N) is 1. The molecule has 1 fully saturated rings. The number of nitrogens with zero attached hydrogens (tertiary/aromatic N) is 3. The first kappa shape index (κ1) is 12.6. The van der Waals surface area contributed by atoms with Gasteiger partial charge in [-0.15, -0.1) is 10.2 Å². The van der Waals surface area contributed by atoms with Crippen molar-refractivity contribution in [2.75, 3.05) is 0 Å². The maximum Gasteiger partial charge on any atom is 0.134 e. The summed E-state index contributed by atoms with van der Waals surface area (Å²) in [5.41, 5.74) is 6.49. The third-order valence-electron chi connectivity index (χ3n) is 3.17. The first-order valence-corrected chi connectivity index (χ1v) is 6.53. The van der Waals surface area contributed by atoms with Crippen molar-refractivity contribution in [2.45, 2.75) is 65.5 Å². The van der Waals surface area contributed by atoms with Gasteiger partial charge in [-0.3, -0.25) is 0 Å². The van der Waals surface area contributed by atoms with E-state index < -0.39 is 0 Å². The average Bonchev–Trinajstić information content (AvgIpc) is 2.90. The second kappa shape index (κ2) is 4.41. The van der Waals surface area contributed by atoms with E-state index in [9.17, 15) is 0 Å². The summed E-state index contributed by atoms with van der Waals surface area (Å²) in [6.07, 6.45) is 4.39. The minimum atomic E-state index is 0.177. The van der Waals surface area contributed by atoms with Crippen LogP contribution in [-0.4, -0.2) is 20.8 Å². The Morgan fingerprint density at radius 1 is 1.35 bits per heavy atom. The molecule has 2 N–H and O–H groups in total. The fourth-order valence-corrected chi connectivity index (χ4v) is 2.45. The quantitative estimate of drug-likeness (QED) is 0.872. The molecule has 4 heteroatoms. The number of hydrogen-bond acceptors (Lipinski definition) is 3. The molecule has 17 heavy (non-hydrogen) atoms. The molecule has 2 rings (SSSR count). The van der Waals surface area contributed by atoms with Gasteiger partial charge >= 0.3 is 0 Å². The Balaban J connectivity index is 2.03. The Bertz CT molecular complexity index is 385. The Labute approximate surface area is 104 Å². The van der Waals surface area contributed by atoms with Crippen molar-refractivity contribution < 1.29 is 0 Å². The number of hydrogen-bond donors (Lipinski definition) is 1. The molecular formula is C13H24N4. The molecule has 0 aromatic carbocycles. The smallest absolute Gasteiger partial charge is 0.134 e. The topological polar surface area (TPSA) is 56.7 Å². The molecular weight excluding hydrogens is 212 g/mol. The highest BCUT2D eigenvalue weighted by Gasteiger charge is 2.29. The minimum absolute atomic E-state index is 0.177. The van der Waals surface area contributed by atoms with E-state index >= 15 is 0 Å². The van der Waals surface area contributed by atoms with Gasteiger partial charge in [0.05, 0.1) is 0 Å². The van der Waals surface area contributed by atoms with Crippen molar-refractivity contribution in [1.29, 1.82) is 0 Å². The van der Waals surface area contributed by atoms with Gasteiger partial charge in [0.15, 0.2) is 0 Å². The summed E-state index contributed by atoms with van der Waals surface area (Å²) < 4.78 is 2.28. The normalized spacial score (nSPS) is 18.4. The van der Waals surface area contributed by atoms with Gasteiger partial charge in [-0.05, 0) is 31.6 Å². The SMILES string of the molecule is Cc1nnc(CC(N)CC(C)(C)C)n1C1CC1. The van der Waals surface area contributed by atoms with Crippen molar-refractivity contribution in [3.05, 3.63) is 11.6 Å². The molecule has 0 spiro atoms. The molecule has 1 atom stereocenters. The summed E-state index contributed by atoms with van der Waals surface area (Å²) in [5, 5.41) is 8.46. The monoisotopic (exact) mass is 236 g/mol. The molecule has 96 valence electrons. The number of aryl methyl sites for hydroxylation is 1. The highest BCUT2D eigenvalue weighted by Crippen LogP contribution is 2.36. The van der Waals surface area contributed by atoms with Crippen molar-refractivity contribution >= 4 is 0 Å². The number of rotatable bonds is 4. The lowest BCUT2D eigenvalue weighted by Crippen LogP contribution is -2.29. The molecule has 0 radical (unpaired) electrons. The van der Waals surface area contributed by atoms with E-state index in [2.05, 4.69) is 35.5 Å². The zero-order chi connectivity index (χ0) is 12.6. The Morgan fingerprint density at radius 2 is 2.00 bits per heavy atom. The lowest BCUT2D eigenvalue weighted by molar-refractivity contribution is 0.334. The van der Waals surface area contributed by atoms with E-state index in [-0.39, 0.29) is 11.5 Å². The van der Waals surface area contributed by atoms with Crippen LogP contribution in [0.25, 0.3) is 0 Å². The van der Waals surface area contributed by atoms with Gasteiger partial charge in [0.1, 0.15) is 11.6 Å². The standard InChI is InChI=1S/C13H24N4/c1-9-15-16-12(17(9)11-5-6-11)7-10(14)8-13(2,3)4/h10-11H,5-8,14H2,1-4H3. The van der Waals surface area contributed by atoms with Crippen LogP contribution in [0.5, 0.6) is 0 Å². The molecule has 0 amide bonds. The van der Waals surface area contributed by atoms with Gasteiger partial charge in [0, 0.05) is 18.5 Å². The van der Waals surface area contributed by atoms with Crippen LogP contribution in [0.2, 0.25) is 0 Å². The van der Waals surface area contributed by atoms with Gasteiger partial charge < -0.3 is 10.3 Å². The van der Waals surface area contributed by atoms with Crippen molar-refractivity contribution in [2.24, 2.45) is 11.1 Å². The second-order valence-electron chi connectivity index (χ2n) is 6.49. The van der Waals surface area contributed by atoms with Crippen molar-refractivity contribution in [1.82, 2.24) is 14.8 Å². The molecule has 1 heterocycles. The fourth-order valence-electron chi connectivity index (χ4n) is 2.45. The van der Waals surface area contributed by atoms with E-state index in [1.807, 2.05) is 6.92 Å². The van der Waals surface area contributed by atoms with Crippen LogP contribution in [0.3, 0.4) is 0 Å². The lowest BCUT2D eigenvalue weighted by Gasteiger charge is -2.23. The minimum Gasteiger partial charge on any atom is -0.327 e. The van der Waals surface area contributed by atoms with Gasteiger partial charge in [0.2, 0.25) is 0 Å². The molecule has 0 bridgehead atoms.